The Hall–Kier alpha value is -1.37. The normalized spacial score (nSPS) is 29.9. The van der Waals surface area contributed by atoms with Gasteiger partial charge in [0.2, 0.25) is 0 Å². The highest BCUT2D eigenvalue weighted by molar-refractivity contribution is 7.98. The van der Waals surface area contributed by atoms with Gasteiger partial charge in [0.05, 0.1) is 23.4 Å². The summed E-state index contributed by atoms with van der Waals surface area (Å²) in [7, 11) is 3.82. The molecule has 0 aliphatic carbocycles. The van der Waals surface area contributed by atoms with Crippen LogP contribution in [-0.4, -0.2) is 99.4 Å². The monoisotopic (exact) mass is 513 g/mol. The zero-order chi connectivity index (χ0) is 25.5. The molecule has 5 atom stereocenters. The van der Waals surface area contributed by atoms with E-state index in [0.717, 1.165) is 16.2 Å². The molecule has 2 aliphatic rings. The Labute approximate surface area is 210 Å². The van der Waals surface area contributed by atoms with Crippen LogP contribution in [0.4, 0.5) is 8.78 Å². The lowest BCUT2D eigenvalue weighted by Crippen LogP contribution is -2.53. The largest absolute Gasteiger partial charge is 0.366 e. The van der Waals surface area contributed by atoms with Gasteiger partial charge in [0.15, 0.2) is 5.79 Å². The third kappa shape index (κ3) is 5.97. The smallest absolute Gasteiger partial charge is 0.250 e. The summed E-state index contributed by atoms with van der Waals surface area (Å²) in [5, 5.41) is 15.8. The van der Waals surface area contributed by atoms with E-state index in [-0.39, 0.29) is 30.9 Å². The van der Waals surface area contributed by atoms with Crippen molar-refractivity contribution < 1.29 is 23.4 Å². The van der Waals surface area contributed by atoms with E-state index in [1.54, 1.807) is 13.8 Å². The fourth-order valence-corrected chi connectivity index (χ4v) is 5.79. The van der Waals surface area contributed by atoms with Gasteiger partial charge < -0.3 is 19.5 Å². The first kappa shape index (κ1) is 26.7. The van der Waals surface area contributed by atoms with Crippen molar-refractivity contribution in [3.8, 4) is 0 Å². The van der Waals surface area contributed by atoms with Gasteiger partial charge in [-0.15, -0.1) is 11.8 Å². The quantitative estimate of drug-likeness (QED) is 0.426. The van der Waals surface area contributed by atoms with Crippen molar-refractivity contribution in [2.75, 3.05) is 40.0 Å². The van der Waals surface area contributed by atoms with Gasteiger partial charge in [-0.3, -0.25) is 4.90 Å². The van der Waals surface area contributed by atoms with Crippen molar-refractivity contribution >= 4 is 17.3 Å². The number of thioether (sulfide) groups is 1. The number of alkyl halides is 2. The summed E-state index contributed by atoms with van der Waals surface area (Å²) in [5.74, 6) is -4.09. The number of aliphatic hydroxyl groups is 1. The number of nitrogens with zero attached hydrogens (tertiary/aromatic N) is 5. The zero-order valence-electron chi connectivity index (χ0n) is 21.3. The molecule has 0 amide bonds. The summed E-state index contributed by atoms with van der Waals surface area (Å²) in [4.78, 5) is 8.43. The Bertz CT molecular complexity index is 1010. The van der Waals surface area contributed by atoms with Gasteiger partial charge in [-0.25, -0.2) is 18.3 Å². The molecule has 0 spiro atoms. The van der Waals surface area contributed by atoms with Crippen molar-refractivity contribution in [3.63, 3.8) is 0 Å². The maximum atomic E-state index is 14.2. The predicted molar refractivity (Wildman–Crippen MR) is 131 cm³/mol. The molecule has 0 radical (unpaired) electrons. The highest BCUT2D eigenvalue weighted by Gasteiger charge is 2.49. The highest BCUT2D eigenvalue weighted by Crippen LogP contribution is 2.43. The molecule has 2 fully saturated rings. The van der Waals surface area contributed by atoms with E-state index in [2.05, 4.69) is 15.0 Å². The Balaban J connectivity index is 1.62. The van der Waals surface area contributed by atoms with Gasteiger partial charge in [-0.1, -0.05) is 6.92 Å². The highest BCUT2D eigenvalue weighted by atomic mass is 32.2. The van der Waals surface area contributed by atoms with Crippen molar-refractivity contribution in [3.05, 3.63) is 24.2 Å². The maximum Gasteiger partial charge on any atom is 0.250 e. The van der Waals surface area contributed by atoms with Crippen LogP contribution in [0.3, 0.4) is 0 Å². The summed E-state index contributed by atoms with van der Waals surface area (Å²) in [6.45, 7) is 6.65. The molecular weight excluding hydrogens is 476 g/mol. The van der Waals surface area contributed by atoms with Gasteiger partial charge in [0.25, 0.3) is 5.92 Å². The Morgan fingerprint density at radius 2 is 2.09 bits per heavy atom. The number of fused-ring (bicyclic) bond motifs is 1. The van der Waals surface area contributed by atoms with Crippen LogP contribution in [0.25, 0.3) is 5.52 Å². The van der Waals surface area contributed by atoms with Gasteiger partial charge >= 0.3 is 0 Å². The van der Waals surface area contributed by atoms with Gasteiger partial charge in [0, 0.05) is 44.4 Å². The number of hydrogen-bond donors (Lipinski definition) is 1. The summed E-state index contributed by atoms with van der Waals surface area (Å²) < 4.78 is 43.0. The average molecular weight is 514 g/mol. The number of likely N-dealkylation sites (N-methyl/N-ethyl adjacent to an activating group) is 1. The Morgan fingerprint density at radius 1 is 1.34 bits per heavy atom. The van der Waals surface area contributed by atoms with E-state index >= 15 is 0 Å². The number of piperidine rings is 1. The minimum absolute atomic E-state index is 0.0822. The topological polar surface area (TPSA) is 75.4 Å². The lowest BCUT2D eigenvalue weighted by Gasteiger charge is -2.42. The number of aromatic nitrogens is 3. The van der Waals surface area contributed by atoms with Crippen molar-refractivity contribution in [1.82, 2.24) is 24.4 Å². The molecule has 196 valence electrons. The molecule has 1 N–H and O–H groups in total. The molecule has 0 unspecified atom stereocenters. The molecule has 2 aromatic heterocycles. The summed E-state index contributed by atoms with van der Waals surface area (Å²) >= 11 is 1.54. The molecule has 35 heavy (non-hydrogen) atoms. The van der Waals surface area contributed by atoms with Gasteiger partial charge in [-0.2, -0.15) is 5.10 Å². The van der Waals surface area contributed by atoms with Crippen LogP contribution in [0.15, 0.2) is 23.5 Å². The summed E-state index contributed by atoms with van der Waals surface area (Å²) in [6.07, 6.45) is 2.00. The van der Waals surface area contributed by atoms with Crippen molar-refractivity contribution in [1.29, 1.82) is 0 Å². The van der Waals surface area contributed by atoms with Crippen LogP contribution in [-0.2, 0) is 9.47 Å². The SMILES string of the molecule is CSc1ncnn2c([C@@H]3O[C@H](CN4CCC(F)(F)C[C@H]4CN(C)C)[C@@H](C)[C@H]3OC(C)(C)O)ccc12. The molecule has 4 heterocycles. The van der Waals surface area contributed by atoms with Crippen LogP contribution < -0.4 is 0 Å². The molecule has 2 aliphatic heterocycles. The van der Waals surface area contributed by atoms with E-state index in [1.165, 1.54) is 18.1 Å². The molecule has 0 aromatic carbocycles. The van der Waals surface area contributed by atoms with E-state index in [1.807, 2.05) is 48.8 Å². The molecular formula is C24H37F2N5O3S. The fourth-order valence-electron chi connectivity index (χ4n) is 5.27. The van der Waals surface area contributed by atoms with Crippen molar-refractivity contribution in [2.45, 2.75) is 74.7 Å². The first-order valence-corrected chi connectivity index (χ1v) is 13.3. The number of ether oxygens (including phenoxy) is 2. The van der Waals surface area contributed by atoms with Gasteiger partial charge in [-0.05, 0) is 46.3 Å². The molecule has 11 heteroatoms. The Morgan fingerprint density at radius 3 is 2.74 bits per heavy atom. The molecule has 4 rings (SSSR count). The van der Waals surface area contributed by atoms with E-state index in [0.29, 0.717) is 19.6 Å². The van der Waals surface area contributed by atoms with Crippen LogP contribution in [0.1, 0.15) is 45.4 Å². The first-order chi connectivity index (χ1) is 16.4. The predicted octanol–water partition coefficient (Wildman–Crippen LogP) is 3.30. The number of halogens is 2. The minimum Gasteiger partial charge on any atom is -0.366 e. The summed E-state index contributed by atoms with van der Waals surface area (Å²) in [6, 6.07) is 3.66. The summed E-state index contributed by atoms with van der Waals surface area (Å²) in [5.41, 5.74) is 1.69. The third-order valence-corrected chi connectivity index (χ3v) is 7.59. The molecule has 2 aromatic rings. The van der Waals surface area contributed by atoms with E-state index in [9.17, 15) is 13.9 Å². The van der Waals surface area contributed by atoms with Crippen LogP contribution >= 0.6 is 11.8 Å². The number of hydrogen-bond acceptors (Lipinski definition) is 8. The van der Waals surface area contributed by atoms with E-state index in [4.69, 9.17) is 9.47 Å². The maximum absolute atomic E-state index is 14.2. The van der Waals surface area contributed by atoms with Crippen molar-refractivity contribution in [2.24, 2.45) is 5.92 Å². The standard InChI is InChI=1S/C24H37F2N5O3S/c1-15-19(13-30-10-9-24(25,26)11-16(30)12-29(4)5)33-21(20(15)34-23(2,3)32)17-7-8-18-22(35-6)27-14-28-31(17)18/h7-8,14-16,19-21,32H,9-13H2,1-6H3/t15-,16+,19-,20-,21+/m1/s1. The molecule has 8 nitrogen and oxygen atoms in total. The number of likely N-dealkylation sites (tertiary alicyclic amines) is 1. The second-order valence-corrected chi connectivity index (χ2v) is 11.3. The molecule has 2 saturated heterocycles. The lowest BCUT2D eigenvalue weighted by atomic mass is 9.93. The van der Waals surface area contributed by atoms with E-state index < -0.39 is 23.9 Å². The third-order valence-electron chi connectivity index (χ3n) is 6.89. The average Bonchev–Trinajstić information content (AvgIpc) is 3.30. The van der Waals surface area contributed by atoms with Crippen LogP contribution in [0, 0.1) is 5.92 Å². The molecule has 0 saturated carbocycles. The van der Waals surface area contributed by atoms with Gasteiger partial charge in [0.1, 0.15) is 17.5 Å². The fraction of sp³-hybridized carbons (Fsp3) is 0.750. The second-order valence-electron chi connectivity index (χ2n) is 10.5. The zero-order valence-corrected chi connectivity index (χ0v) is 22.1. The lowest BCUT2D eigenvalue weighted by molar-refractivity contribution is -0.221. The van der Waals surface area contributed by atoms with Crippen LogP contribution in [0.5, 0.6) is 0 Å². The number of rotatable bonds is 8. The second kappa shape index (κ2) is 10.2. The first-order valence-electron chi connectivity index (χ1n) is 12.1. The minimum atomic E-state index is -2.64. The van der Waals surface area contributed by atoms with Crippen LogP contribution in [0.2, 0.25) is 0 Å². The molecule has 0 bridgehead atoms. The Kier molecular flexibility index (Phi) is 7.76.